The first-order valence-corrected chi connectivity index (χ1v) is 10.1. The molecule has 4 rings (SSSR count). The molecule has 0 spiro atoms. The van der Waals surface area contributed by atoms with Crippen molar-refractivity contribution >= 4 is 17.5 Å². The molecule has 0 bridgehead atoms. The maximum atomic E-state index is 6.17. The van der Waals surface area contributed by atoms with Gasteiger partial charge in [0.15, 0.2) is 11.5 Å². The van der Waals surface area contributed by atoms with Crippen LogP contribution in [-0.4, -0.2) is 54.8 Å². The van der Waals surface area contributed by atoms with E-state index in [1.54, 1.807) is 13.3 Å². The van der Waals surface area contributed by atoms with Crippen molar-refractivity contribution in [3.8, 4) is 11.5 Å². The van der Waals surface area contributed by atoms with Crippen LogP contribution < -0.4 is 20.1 Å². The SMILES string of the molecule is CNc1ccnc(Nc2ccc(OC)c(OC[C@@H]3CCN(C4CCC4)C3)c2)n1. The molecule has 1 aliphatic heterocycles. The highest BCUT2D eigenvalue weighted by atomic mass is 16.5. The van der Waals surface area contributed by atoms with Crippen LogP contribution in [0.15, 0.2) is 30.5 Å². The molecule has 2 N–H and O–H groups in total. The minimum absolute atomic E-state index is 0.537. The summed E-state index contributed by atoms with van der Waals surface area (Å²) in [7, 11) is 3.50. The van der Waals surface area contributed by atoms with E-state index in [9.17, 15) is 0 Å². The molecule has 7 heteroatoms. The first-order chi connectivity index (χ1) is 13.7. The number of hydrogen-bond acceptors (Lipinski definition) is 7. The lowest BCUT2D eigenvalue weighted by atomic mass is 9.92. The number of likely N-dealkylation sites (tertiary alicyclic amines) is 1. The molecule has 1 saturated heterocycles. The van der Waals surface area contributed by atoms with Crippen LogP contribution in [-0.2, 0) is 0 Å². The van der Waals surface area contributed by atoms with Crippen LogP contribution in [0, 0.1) is 5.92 Å². The van der Waals surface area contributed by atoms with Crippen molar-refractivity contribution < 1.29 is 9.47 Å². The summed E-state index contributed by atoms with van der Waals surface area (Å²) in [6.07, 6.45) is 7.05. The smallest absolute Gasteiger partial charge is 0.229 e. The number of benzene rings is 1. The standard InChI is InChI=1S/C21H29N5O2/c1-22-20-8-10-23-21(25-20)24-16-6-7-18(27-2)19(12-16)28-14-15-9-11-26(13-15)17-4-3-5-17/h6-8,10,12,15,17H,3-5,9,11,13-14H2,1-2H3,(H2,22,23,24,25)/t15-/m1/s1. The van der Waals surface area contributed by atoms with Crippen molar-refractivity contribution in [3.63, 3.8) is 0 Å². The van der Waals surface area contributed by atoms with Gasteiger partial charge in [-0.3, -0.25) is 4.90 Å². The second-order valence-corrected chi connectivity index (χ2v) is 7.55. The summed E-state index contributed by atoms with van der Waals surface area (Å²) in [6, 6.07) is 8.44. The number of nitrogens with zero attached hydrogens (tertiary/aromatic N) is 3. The molecule has 2 fully saturated rings. The van der Waals surface area contributed by atoms with Crippen molar-refractivity contribution in [2.24, 2.45) is 5.92 Å². The van der Waals surface area contributed by atoms with Gasteiger partial charge in [-0.15, -0.1) is 0 Å². The minimum Gasteiger partial charge on any atom is -0.493 e. The fourth-order valence-electron chi connectivity index (χ4n) is 3.84. The molecule has 1 aliphatic carbocycles. The molecule has 2 heterocycles. The Hall–Kier alpha value is -2.54. The largest absolute Gasteiger partial charge is 0.493 e. The van der Waals surface area contributed by atoms with Gasteiger partial charge in [0.25, 0.3) is 0 Å². The second kappa shape index (κ2) is 8.65. The average molecular weight is 383 g/mol. The van der Waals surface area contributed by atoms with Gasteiger partial charge < -0.3 is 20.1 Å². The maximum absolute atomic E-state index is 6.17. The van der Waals surface area contributed by atoms with E-state index >= 15 is 0 Å². The van der Waals surface area contributed by atoms with E-state index in [0.717, 1.165) is 42.2 Å². The third-order valence-electron chi connectivity index (χ3n) is 5.71. The Morgan fingerprint density at radius 3 is 2.82 bits per heavy atom. The van der Waals surface area contributed by atoms with Crippen LogP contribution in [0.5, 0.6) is 11.5 Å². The van der Waals surface area contributed by atoms with E-state index in [1.165, 1.54) is 32.2 Å². The zero-order valence-electron chi connectivity index (χ0n) is 16.6. The monoisotopic (exact) mass is 383 g/mol. The summed E-state index contributed by atoms with van der Waals surface area (Å²) in [5.74, 6) is 3.37. The van der Waals surface area contributed by atoms with Gasteiger partial charge in [0.2, 0.25) is 5.95 Å². The Morgan fingerprint density at radius 1 is 1.18 bits per heavy atom. The molecule has 1 saturated carbocycles. The predicted molar refractivity (Wildman–Crippen MR) is 111 cm³/mol. The number of methoxy groups -OCH3 is 1. The molecule has 0 radical (unpaired) electrons. The Morgan fingerprint density at radius 2 is 2.07 bits per heavy atom. The summed E-state index contributed by atoms with van der Waals surface area (Å²) in [5, 5.41) is 6.24. The molecule has 0 unspecified atom stereocenters. The summed E-state index contributed by atoms with van der Waals surface area (Å²) < 4.78 is 11.7. The van der Waals surface area contributed by atoms with Crippen LogP contribution in [0.4, 0.5) is 17.5 Å². The lowest BCUT2D eigenvalue weighted by molar-refractivity contribution is 0.145. The van der Waals surface area contributed by atoms with Crippen LogP contribution in [0.1, 0.15) is 25.7 Å². The van der Waals surface area contributed by atoms with E-state index in [0.29, 0.717) is 11.9 Å². The van der Waals surface area contributed by atoms with E-state index in [-0.39, 0.29) is 0 Å². The average Bonchev–Trinajstić information content (AvgIpc) is 3.13. The van der Waals surface area contributed by atoms with Gasteiger partial charge in [0.05, 0.1) is 13.7 Å². The number of hydrogen-bond donors (Lipinski definition) is 2. The van der Waals surface area contributed by atoms with Gasteiger partial charge >= 0.3 is 0 Å². The Balaban J connectivity index is 1.39. The van der Waals surface area contributed by atoms with E-state index in [1.807, 2.05) is 31.3 Å². The minimum atomic E-state index is 0.537. The molecular weight excluding hydrogens is 354 g/mol. The van der Waals surface area contributed by atoms with Gasteiger partial charge in [0.1, 0.15) is 5.82 Å². The predicted octanol–water partition coefficient (Wildman–Crippen LogP) is 3.52. The Labute approximate surface area is 166 Å². The highest BCUT2D eigenvalue weighted by Crippen LogP contribution is 2.33. The molecule has 150 valence electrons. The fourth-order valence-corrected chi connectivity index (χ4v) is 3.84. The summed E-state index contributed by atoms with van der Waals surface area (Å²) in [5.41, 5.74) is 0.867. The van der Waals surface area contributed by atoms with Crippen LogP contribution in [0.3, 0.4) is 0 Å². The third kappa shape index (κ3) is 4.30. The maximum Gasteiger partial charge on any atom is 0.229 e. The lowest BCUT2D eigenvalue weighted by Gasteiger charge is -2.34. The van der Waals surface area contributed by atoms with Crippen LogP contribution in [0.25, 0.3) is 0 Å². The summed E-state index contributed by atoms with van der Waals surface area (Å²) in [4.78, 5) is 11.3. The van der Waals surface area contributed by atoms with E-state index < -0.39 is 0 Å². The molecule has 2 aliphatic rings. The Kier molecular flexibility index (Phi) is 5.81. The number of nitrogens with one attached hydrogen (secondary N) is 2. The molecule has 1 aromatic carbocycles. The summed E-state index contributed by atoms with van der Waals surface area (Å²) >= 11 is 0. The highest BCUT2D eigenvalue weighted by Gasteiger charge is 2.31. The van der Waals surface area contributed by atoms with Crippen molar-refractivity contribution in [1.29, 1.82) is 0 Å². The summed E-state index contributed by atoms with van der Waals surface area (Å²) in [6.45, 7) is 3.07. The molecule has 0 amide bonds. The quantitative estimate of drug-likeness (QED) is 0.722. The number of aromatic nitrogens is 2. The molecular formula is C21H29N5O2. The normalized spacial score (nSPS) is 19.9. The van der Waals surface area contributed by atoms with Gasteiger partial charge in [-0.05, 0) is 44.0 Å². The van der Waals surface area contributed by atoms with Gasteiger partial charge in [-0.2, -0.15) is 4.98 Å². The van der Waals surface area contributed by atoms with Gasteiger partial charge in [-0.1, -0.05) is 6.42 Å². The molecule has 1 atom stereocenters. The highest BCUT2D eigenvalue weighted by molar-refractivity contribution is 5.60. The van der Waals surface area contributed by atoms with Crippen molar-refractivity contribution in [3.05, 3.63) is 30.5 Å². The van der Waals surface area contributed by atoms with Crippen LogP contribution in [0.2, 0.25) is 0 Å². The lowest BCUT2D eigenvalue weighted by Crippen LogP contribution is -2.38. The number of ether oxygens (including phenoxy) is 2. The van der Waals surface area contributed by atoms with E-state index in [2.05, 4.69) is 25.5 Å². The van der Waals surface area contributed by atoms with Crippen molar-refractivity contribution in [2.75, 3.05) is 44.5 Å². The molecule has 28 heavy (non-hydrogen) atoms. The second-order valence-electron chi connectivity index (χ2n) is 7.55. The van der Waals surface area contributed by atoms with Gasteiger partial charge in [0, 0.05) is 43.5 Å². The number of rotatable bonds is 8. The Bertz CT molecular complexity index is 796. The van der Waals surface area contributed by atoms with Crippen molar-refractivity contribution in [1.82, 2.24) is 14.9 Å². The molecule has 7 nitrogen and oxygen atoms in total. The zero-order chi connectivity index (χ0) is 19.3. The third-order valence-corrected chi connectivity index (χ3v) is 5.71. The first-order valence-electron chi connectivity index (χ1n) is 10.1. The van der Waals surface area contributed by atoms with E-state index in [4.69, 9.17) is 9.47 Å². The fraction of sp³-hybridized carbons (Fsp3) is 0.524. The number of anilines is 3. The van der Waals surface area contributed by atoms with Crippen LogP contribution >= 0.6 is 0 Å². The first kappa shape index (κ1) is 18.8. The zero-order valence-corrected chi connectivity index (χ0v) is 16.6. The van der Waals surface area contributed by atoms with Gasteiger partial charge in [-0.25, -0.2) is 4.98 Å². The molecule has 2 aromatic rings. The molecule has 1 aromatic heterocycles. The van der Waals surface area contributed by atoms with Crippen molar-refractivity contribution in [2.45, 2.75) is 31.7 Å². The topological polar surface area (TPSA) is 71.5 Å².